The van der Waals surface area contributed by atoms with Gasteiger partial charge < -0.3 is 4.74 Å². The van der Waals surface area contributed by atoms with Crippen LogP contribution >= 0.6 is 0 Å². The van der Waals surface area contributed by atoms with E-state index in [2.05, 4.69) is 9.46 Å². The zero-order valence-electron chi connectivity index (χ0n) is 11.9. The van der Waals surface area contributed by atoms with Gasteiger partial charge >= 0.3 is 5.97 Å². The molecule has 0 aliphatic rings. The number of anilines is 1. The second-order valence-corrected chi connectivity index (χ2v) is 6.00. The summed E-state index contributed by atoms with van der Waals surface area (Å²) in [6.45, 7) is 0. The minimum absolute atomic E-state index is 0.352. The number of carbonyl (C=O) groups is 1. The number of carbonyl (C=O) groups excluding carboxylic acids is 1. The lowest BCUT2D eigenvalue weighted by Crippen LogP contribution is -2.09. The maximum Gasteiger partial charge on any atom is 0.337 e. The smallest absolute Gasteiger partial charge is 0.337 e. The van der Waals surface area contributed by atoms with Crippen molar-refractivity contribution >= 4 is 27.8 Å². The van der Waals surface area contributed by atoms with Crippen LogP contribution in [0.25, 0.3) is 6.08 Å². The van der Waals surface area contributed by atoms with Crippen LogP contribution < -0.4 is 4.72 Å². The van der Waals surface area contributed by atoms with Crippen molar-refractivity contribution < 1.29 is 17.9 Å². The highest BCUT2D eigenvalue weighted by atomic mass is 32.2. The SMILES string of the molecule is COC(=O)c1ccc(NS(=O)(=O)/C=C/c2ccccc2)cc1. The van der Waals surface area contributed by atoms with Crippen molar-refractivity contribution in [3.63, 3.8) is 0 Å². The molecule has 0 atom stereocenters. The zero-order valence-corrected chi connectivity index (χ0v) is 12.7. The molecule has 1 N–H and O–H groups in total. The highest BCUT2D eigenvalue weighted by molar-refractivity contribution is 7.95. The normalized spacial score (nSPS) is 11.3. The van der Waals surface area contributed by atoms with Crippen LogP contribution in [0.3, 0.4) is 0 Å². The van der Waals surface area contributed by atoms with Crippen LogP contribution in [0.5, 0.6) is 0 Å². The summed E-state index contributed by atoms with van der Waals surface area (Å²) in [6, 6.07) is 15.1. The Kier molecular flexibility index (Phi) is 4.95. The molecular weight excluding hydrogens is 302 g/mol. The third-order valence-corrected chi connectivity index (χ3v) is 3.82. The van der Waals surface area contributed by atoms with Gasteiger partial charge in [0.2, 0.25) is 0 Å². The van der Waals surface area contributed by atoms with E-state index in [1.807, 2.05) is 18.2 Å². The standard InChI is InChI=1S/C16H15NO4S/c1-21-16(18)14-7-9-15(10-8-14)17-22(19,20)12-11-13-5-3-2-4-6-13/h2-12,17H,1H3/b12-11+. The fourth-order valence-electron chi connectivity index (χ4n) is 1.72. The van der Waals surface area contributed by atoms with E-state index in [-0.39, 0.29) is 0 Å². The third-order valence-electron chi connectivity index (χ3n) is 2.81. The first-order valence-corrected chi connectivity index (χ1v) is 7.99. The minimum atomic E-state index is -3.62. The average Bonchev–Trinajstić information content (AvgIpc) is 2.54. The summed E-state index contributed by atoms with van der Waals surface area (Å²) in [6.07, 6.45) is 1.51. The van der Waals surface area contributed by atoms with E-state index in [0.717, 1.165) is 11.0 Å². The molecule has 2 rings (SSSR count). The molecule has 22 heavy (non-hydrogen) atoms. The Balaban J connectivity index is 2.09. The molecule has 0 aliphatic carbocycles. The Morgan fingerprint density at radius 3 is 2.27 bits per heavy atom. The lowest BCUT2D eigenvalue weighted by atomic mass is 10.2. The van der Waals surface area contributed by atoms with Crippen LogP contribution in [0, 0.1) is 0 Å². The molecule has 114 valence electrons. The fourth-order valence-corrected chi connectivity index (χ4v) is 2.59. The molecule has 0 aliphatic heterocycles. The Labute approximate surface area is 129 Å². The van der Waals surface area contributed by atoms with Gasteiger partial charge in [-0.1, -0.05) is 30.3 Å². The number of sulfonamides is 1. The molecule has 0 bridgehead atoms. The lowest BCUT2D eigenvalue weighted by Gasteiger charge is -2.05. The van der Waals surface area contributed by atoms with Crippen molar-refractivity contribution in [1.82, 2.24) is 0 Å². The molecular formula is C16H15NO4S. The largest absolute Gasteiger partial charge is 0.465 e. The first-order valence-electron chi connectivity index (χ1n) is 6.44. The monoisotopic (exact) mass is 317 g/mol. The second-order valence-electron chi connectivity index (χ2n) is 4.43. The van der Waals surface area contributed by atoms with Gasteiger partial charge in [-0.3, -0.25) is 4.72 Å². The summed E-state index contributed by atoms with van der Waals surface area (Å²) >= 11 is 0. The first kappa shape index (κ1) is 15.8. The van der Waals surface area contributed by atoms with E-state index in [0.29, 0.717) is 11.3 Å². The molecule has 0 saturated carbocycles. The maximum atomic E-state index is 12.0. The molecule has 6 heteroatoms. The Bertz CT molecular complexity index is 766. The van der Waals surface area contributed by atoms with Crippen LogP contribution in [-0.2, 0) is 14.8 Å². The van der Waals surface area contributed by atoms with E-state index in [9.17, 15) is 13.2 Å². The summed E-state index contributed by atoms with van der Waals surface area (Å²) in [4.78, 5) is 11.3. The second kappa shape index (κ2) is 6.91. The molecule has 0 amide bonds. The number of methoxy groups -OCH3 is 1. The predicted octanol–water partition coefficient (Wildman–Crippen LogP) is 2.89. The fraction of sp³-hybridized carbons (Fsp3) is 0.0625. The van der Waals surface area contributed by atoms with Gasteiger partial charge in [0.05, 0.1) is 18.1 Å². The molecule has 5 nitrogen and oxygen atoms in total. The van der Waals surface area contributed by atoms with Gasteiger partial charge in [-0.05, 0) is 35.9 Å². The van der Waals surface area contributed by atoms with Crippen molar-refractivity contribution in [3.8, 4) is 0 Å². The van der Waals surface area contributed by atoms with Gasteiger partial charge in [0, 0.05) is 5.69 Å². The van der Waals surface area contributed by atoms with Crippen molar-refractivity contribution in [2.24, 2.45) is 0 Å². The molecule has 2 aromatic carbocycles. The van der Waals surface area contributed by atoms with Crippen LogP contribution in [0.1, 0.15) is 15.9 Å². The van der Waals surface area contributed by atoms with Crippen LogP contribution in [0.15, 0.2) is 60.0 Å². The van der Waals surface area contributed by atoms with Crippen LogP contribution in [0.4, 0.5) is 5.69 Å². The Morgan fingerprint density at radius 1 is 1.05 bits per heavy atom. The van der Waals surface area contributed by atoms with E-state index < -0.39 is 16.0 Å². The highest BCUT2D eigenvalue weighted by Crippen LogP contribution is 2.13. The quantitative estimate of drug-likeness (QED) is 0.861. The minimum Gasteiger partial charge on any atom is -0.465 e. The Morgan fingerprint density at radius 2 is 1.68 bits per heavy atom. The van der Waals surface area contributed by atoms with Gasteiger partial charge in [0.25, 0.3) is 10.0 Å². The number of benzene rings is 2. The number of rotatable bonds is 5. The summed E-state index contributed by atoms with van der Waals surface area (Å²) in [7, 11) is -2.33. The number of nitrogens with one attached hydrogen (secondary N) is 1. The average molecular weight is 317 g/mol. The van der Waals surface area contributed by atoms with E-state index in [4.69, 9.17) is 0 Å². The molecule has 0 saturated heterocycles. The summed E-state index contributed by atoms with van der Waals surface area (Å²) < 4.78 is 30.9. The molecule has 0 unspecified atom stereocenters. The molecule has 2 aromatic rings. The molecule has 0 spiro atoms. The summed E-state index contributed by atoms with van der Waals surface area (Å²) in [5, 5.41) is 1.09. The third kappa shape index (κ3) is 4.46. The van der Waals surface area contributed by atoms with E-state index >= 15 is 0 Å². The topological polar surface area (TPSA) is 72.5 Å². The highest BCUT2D eigenvalue weighted by Gasteiger charge is 2.08. The van der Waals surface area contributed by atoms with E-state index in [1.54, 1.807) is 12.1 Å². The van der Waals surface area contributed by atoms with Gasteiger partial charge in [0.1, 0.15) is 0 Å². The van der Waals surface area contributed by atoms with Crippen molar-refractivity contribution in [2.45, 2.75) is 0 Å². The van der Waals surface area contributed by atoms with Crippen molar-refractivity contribution in [3.05, 3.63) is 71.1 Å². The lowest BCUT2D eigenvalue weighted by molar-refractivity contribution is 0.0601. The van der Waals surface area contributed by atoms with Gasteiger partial charge in [-0.25, -0.2) is 13.2 Å². The summed E-state index contributed by atoms with van der Waals surface area (Å²) in [5.41, 5.74) is 1.50. The molecule has 0 fully saturated rings. The number of esters is 1. The summed E-state index contributed by atoms with van der Waals surface area (Å²) in [5.74, 6) is -0.474. The van der Waals surface area contributed by atoms with Crippen molar-refractivity contribution in [2.75, 3.05) is 11.8 Å². The van der Waals surface area contributed by atoms with Gasteiger partial charge in [-0.15, -0.1) is 0 Å². The molecule has 0 radical (unpaired) electrons. The first-order chi connectivity index (χ1) is 10.5. The van der Waals surface area contributed by atoms with Gasteiger partial charge in [-0.2, -0.15) is 0 Å². The molecule has 0 aromatic heterocycles. The van der Waals surface area contributed by atoms with Gasteiger partial charge in [0.15, 0.2) is 0 Å². The van der Waals surface area contributed by atoms with Crippen LogP contribution in [0.2, 0.25) is 0 Å². The van der Waals surface area contributed by atoms with E-state index in [1.165, 1.54) is 37.5 Å². The number of hydrogen-bond acceptors (Lipinski definition) is 4. The number of ether oxygens (including phenoxy) is 1. The maximum absolute atomic E-state index is 12.0. The van der Waals surface area contributed by atoms with Crippen molar-refractivity contribution in [1.29, 1.82) is 0 Å². The van der Waals surface area contributed by atoms with Crippen LogP contribution in [-0.4, -0.2) is 21.5 Å². The Hall–Kier alpha value is -2.60. The molecule has 0 heterocycles. The zero-order chi connectivity index (χ0) is 16.0. The predicted molar refractivity (Wildman–Crippen MR) is 85.8 cm³/mol. The number of hydrogen-bond donors (Lipinski definition) is 1.